The number of para-hydroxylation sites is 1. The molecule has 1 heterocycles. The number of hydrogen-bond acceptors (Lipinski definition) is 4. The molecule has 20 heavy (non-hydrogen) atoms. The van der Waals surface area contributed by atoms with Crippen LogP contribution in [0.25, 0.3) is 0 Å². The summed E-state index contributed by atoms with van der Waals surface area (Å²) < 4.78 is 10.5. The number of nitrogens with two attached hydrogens (primary N) is 1. The lowest BCUT2D eigenvalue weighted by molar-refractivity contribution is 0.0497. The zero-order chi connectivity index (χ0) is 14.5. The van der Waals surface area contributed by atoms with Crippen molar-refractivity contribution in [2.45, 2.75) is 12.8 Å². The molecular weight excluding hydrogens is 256 g/mol. The van der Waals surface area contributed by atoms with Gasteiger partial charge in [-0.25, -0.2) is 0 Å². The molecule has 0 radical (unpaired) electrons. The molecule has 5 heteroatoms. The van der Waals surface area contributed by atoms with Crippen molar-refractivity contribution in [2.24, 2.45) is 5.92 Å². The molecule has 5 nitrogen and oxygen atoms in total. The van der Waals surface area contributed by atoms with Crippen LogP contribution in [0.5, 0.6) is 5.75 Å². The highest BCUT2D eigenvalue weighted by Gasteiger charge is 2.21. The summed E-state index contributed by atoms with van der Waals surface area (Å²) in [6, 6.07) is 5.27. The van der Waals surface area contributed by atoms with Gasteiger partial charge in [0.1, 0.15) is 5.75 Å². The normalized spacial score (nSPS) is 15.9. The maximum atomic E-state index is 12.5. The highest BCUT2D eigenvalue weighted by molar-refractivity contribution is 6.00. The first-order valence-electron chi connectivity index (χ1n) is 6.89. The summed E-state index contributed by atoms with van der Waals surface area (Å²) in [4.78, 5) is 14.2. The molecule has 1 fully saturated rings. The highest BCUT2D eigenvalue weighted by Crippen LogP contribution is 2.26. The Morgan fingerprint density at radius 3 is 2.80 bits per heavy atom. The minimum absolute atomic E-state index is 0.0621. The second kappa shape index (κ2) is 6.61. The number of benzene rings is 1. The van der Waals surface area contributed by atoms with Crippen LogP contribution in [0, 0.1) is 5.92 Å². The molecule has 0 saturated carbocycles. The summed E-state index contributed by atoms with van der Waals surface area (Å²) in [5.41, 5.74) is 6.87. The standard InChI is InChI=1S/C15H22N2O3/c1-17(10-11-6-8-20-9-7-11)15(18)12-4-3-5-13(19-2)14(12)16/h3-5,11H,6-10,16H2,1-2H3. The molecule has 2 rings (SSSR count). The summed E-state index contributed by atoms with van der Waals surface area (Å²) in [6.07, 6.45) is 2.01. The molecule has 1 aromatic carbocycles. The average molecular weight is 278 g/mol. The number of carbonyl (C=O) groups excluding carboxylic acids is 1. The molecule has 1 saturated heterocycles. The topological polar surface area (TPSA) is 64.8 Å². The lowest BCUT2D eigenvalue weighted by Crippen LogP contribution is -2.34. The van der Waals surface area contributed by atoms with Gasteiger partial charge in [-0.1, -0.05) is 6.07 Å². The van der Waals surface area contributed by atoms with Crippen molar-refractivity contribution in [2.75, 3.05) is 39.6 Å². The summed E-state index contributed by atoms with van der Waals surface area (Å²) in [5.74, 6) is 0.979. The van der Waals surface area contributed by atoms with E-state index >= 15 is 0 Å². The van der Waals surface area contributed by atoms with Gasteiger partial charge in [0.25, 0.3) is 5.91 Å². The predicted molar refractivity (Wildman–Crippen MR) is 77.9 cm³/mol. The smallest absolute Gasteiger partial charge is 0.255 e. The Kier molecular flexibility index (Phi) is 4.84. The summed E-state index contributed by atoms with van der Waals surface area (Å²) in [5, 5.41) is 0. The van der Waals surface area contributed by atoms with Gasteiger partial charge in [0.05, 0.1) is 18.4 Å². The van der Waals surface area contributed by atoms with Crippen LogP contribution in [0.15, 0.2) is 18.2 Å². The number of carbonyl (C=O) groups is 1. The number of rotatable bonds is 4. The van der Waals surface area contributed by atoms with E-state index in [2.05, 4.69) is 0 Å². The first kappa shape index (κ1) is 14.7. The van der Waals surface area contributed by atoms with E-state index < -0.39 is 0 Å². The molecule has 1 amide bonds. The van der Waals surface area contributed by atoms with E-state index in [-0.39, 0.29) is 5.91 Å². The van der Waals surface area contributed by atoms with Gasteiger partial charge >= 0.3 is 0 Å². The fourth-order valence-electron chi connectivity index (χ4n) is 2.51. The van der Waals surface area contributed by atoms with Gasteiger partial charge in [-0.3, -0.25) is 4.79 Å². The number of anilines is 1. The molecule has 1 aliphatic heterocycles. The lowest BCUT2D eigenvalue weighted by Gasteiger charge is -2.27. The Balaban J connectivity index is 2.06. The Hall–Kier alpha value is -1.75. The van der Waals surface area contributed by atoms with E-state index in [1.165, 1.54) is 0 Å². The van der Waals surface area contributed by atoms with Crippen LogP contribution < -0.4 is 10.5 Å². The van der Waals surface area contributed by atoms with Crippen LogP contribution >= 0.6 is 0 Å². The van der Waals surface area contributed by atoms with Gasteiger partial charge in [0.2, 0.25) is 0 Å². The molecule has 1 aliphatic rings. The zero-order valence-electron chi connectivity index (χ0n) is 12.1. The predicted octanol–water partition coefficient (Wildman–Crippen LogP) is 1.78. The summed E-state index contributed by atoms with van der Waals surface area (Å²) in [6.45, 7) is 2.31. The van der Waals surface area contributed by atoms with Crippen molar-refractivity contribution in [3.8, 4) is 5.75 Å². The molecular formula is C15H22N2O3. The second-order valence-electron chi connectivity index (χ2n) is 5.16. The highest BCUT2D eigenvalue weighted by atomic mass is 16.5. The minimum Gasteiger partial charge on any atom is -0.495 e. The van der Waals surface area contributed by atoms with Crippen LogP contribution in [0.1, 0.15) is 23.2 Å². The van der Waals surface area contributed by atoms with Gasteiger partial charge in [-0.2, -0.15) is 0 Å². The monoisotopic (exact) mass is 278 g/mol. The average Bonchev–Trinajstić information content (AvgIpc) is 2.48. The molecule has 0 spiro atoms. The van der Waals surface area contributed by atoms with E-state index in [0.717, 1.165) is 32.6 Å². The van der Waals surface area contributed by atoms with Crippen molar-refractivity contribution >= 4 is 11.6 Å². The van der Waals surface area contributed by atoms with Crippen LogP contribution in [0.2, 0.25) is 0 Å². The number of methoxy groups -OCH3 is 1. The van der Waals surface area contributed by atoms with Crippen molar-refractivity contribution in [3.63, 3.8) is 0 Å². The zero-order valence-corrected chi connectivity index (χ0v) is 12.1. The van der Waals surface area contributed by atoms with E-state index in [9.17, 15) is 4.79 Å². The van der Waals surface area contributed by atoms with Crippen molar-refractivity contribution in [1.82, 2.24) is 4.90 Å². The molecule has 2 N–H and O–H groups in total. The van der Waals surface area contributed by atoms with Crippen molar-refractivity contribution < 1.29 is 14.3 Å². The summed E-state index contributed by atoms with van der Waals surface area (Å²) in [7, 11) is 3.36. The Morgan fingerprint density at radius 1 is 1.45 bits per heavy atom. The first-order chi connectivity index (χ1) is 9.63. The Labute approximate surface area is 119 Å². The first-order valence-corrected chi connectivity index (χ1v) is 6.89. The van der Waals surface area contributed by atoms with Gasteiger partial charge < -0.3 is 20.1 Å². The molecule has 0 bridgehead atoms. The molecule has 0 atom stereocenters. The molecule has 1 aromatic rings. The number of nitrogen functional groups attached to an aromatic ring is 1. The second-order valence-corrected chi connectivity index (χ2v) is 5.16. The van der Waals surface area contributed by atoms with E-state index in [1.807, 2.05) is 7.05 Å². The molecule has 0 aromatic heterocycles. The van der Waals surface area contributed by atoms with Crippen LogP contribution in [-0.4, -0.2) is 44.7 Å². The largest absolute Gasteiger partial charge is 0.495 e. The lowest BCUT2D eigenvalue weighted by atomic mass is 9.99. The number of nitrogens with zero attached hydrogens (tertiary/aromatic N) is 1. The Morgan fingerprint density at radius 2 is 2.15 bits per heavy atom. The van der Waals surface area contributed by atoms with Crippen molar-refractivity contribution in [3.05, 3.63) is 23.8 Å². The Bertz CT molecular complexity index is 470. The van der Waals surface area contributed by atoms with Crippen LogP contribution in [0.3, 0.4) is 0 Å². The molecule has 0 unspecified atom stereocenters. The summed E-state index contributed by atoms with van der Waals surface area (Å²) >= 11 is 0. The van der Waals surface area contributed by atoms with Crippen molar-refractivity contribution in [1.29, 1.82) is 0 Å². The fourth-order valence-corrected chi connectivity index (χ4v) is 2.51. The third-order valence-electron chi connectivity index (χ3n) is 3.74. The van der Waals surface area contributed by atoms with Crippen LogP contribution in [-0.2, 0) is 4.74 Å². The number of hydrogen-bond donors (Lipinski definition) is 1. The fraction of sp³-hybridized carbons (Fsp3) is 0.533. The number of amides is 1. The van der Waals surface area contributed by atoms with Gasteiger partial charge in [0, 0.05) is 26.8 Å². The van der Waals surface area contributed by atoms with E-state index in [0.29, 0.717) is 22.9 Å². The minimum atomic E-state index is -0.0621. The maximum Gasteiger partial charge on any atom is 0.255 e. The number of ether oxygens (including phenoxy) is 2. The third kappa shape index (κ3) is 3.22. The van der Waals surface area contributed by atoms with E-state index in [4.69, 9.17) is 15.2 Å². The maximum absolute atomic E-state index is 12.5. The quantitative estimate of drug-likeness (QED) is 0.853. The van der Waals surface area contributed by atoms with Gasteiger partial charge in [-0.05, 0) is 30.9 Å². The molecule has 0 aliphatic carbocycles. The third-order valence-corrected chi connectivity index (χ3v) is 3.74. The molecule has 110 valence electrons. The van der Waals surface area contributed by atoms with Crippen LogP contribution in [0.4, 0.5) is 5.69 Å². The van der Waals surface area contributed by atoms with E-state index in [1.54, 1.807) is 30.2 Å². The SMILES string of the molecule is COc1cccc(C(=O)N(C)CC2CCOCC2)c1N. The van der Waals surface area contributed by atoms with Gasteiger partial charge in [0.15, 0.2) is 0 Å². The van der Waals surface area contributed by atoms with Gasteiger partial charge in [-0.15, -0.1) is 0 Å².